The van der Waals surface area contributed by atoms with Crippen molar-refractivity contribution in [2.75, 3.05) is 13.1 Å². The molecule has 0 bridgehead atoms. The first kappa shape index (κ1) is 17.9. The Hall–Kier alpha value is -1.14. The van der Waals surface area contributed by atoms with Gasteiger partial charge in [-0.15, -0.1) is 11.3 Å². The van der Waals surface area contributed by atoms with Gasteiger partial charge in [-0.1, -0.05) is 20.8 Å². The molecule has 0 saturated carbocycles. The lowest BCUT2D eigenvalue weighted by Crippen LogP contribution is -2.40. The molecule has 1 heterocycles. The Morgan fingerprint density at radius 1 is 1.38 bits per heavy atom. The fourth-order valence-electron chi connectivity index (χ4n) is 2.11. The molecule has 2 amide bonds. The van der Waals surface area contributed by atoms with Crippen LogP contribution in [-0.2, 0) is 12.8 Å². The molecule has 6 heteroatoms. The molecule has 1 aromatic heterocycles. The van der Waals surface area contributed by atoms with Crippen molar-refractivity contribution < 1.29 is 9.90 Å². The van der Waals surface area contributed by atoms with Crippen LogP contribution in [0, 0.1) is 12.8 Å². The number of hydrogen-bond donors (Lipinski definition) is 3. The van der Waals surface area contributed by atoms with Crippen LogP contribution in [-0.4, -0.2) is 35.3 Å². The number of aromatic nitrogens is 1. The third kappa shape index (κ3) is 6.91. The predicted molar refractivity (Wildman–Crippen MR) is 86.8 cm³/mol. The summed E-state index contributed by atoms with van der Waals surface area (Å²) in [5.41, 5.74) is 1.15. The molecule has 21 heavy (non-hydrogen) atoms. The van der Waals surface area contributed by atoms with Gasteiger partial charge in [-0.3, -0.25) is 0 Å². The molecule has 0 fully saturated rings. The van der Waals surface area contributed by atoms with E-state index in [1.165, 1.54) is 4.88 Å². The van der Waals surface area contributed by atoms with Gasteiger partial charge in [-0.05, 0) is 25.7 Å². The van der Waals surface area contributed by atoms with Crippen molar-refractivity contribution >= 4 is 17.4 Å². The second-order valence-corrected chi connectivity index (χ2v) is 6.92. The van der Waals surface area contributed by atoms with Crippen molar-refractivity contribution in [2.24, 2.45) is 5.92 Å². The zero-order valence-electron chi connectivity index (χ0n) is 13.4. The van der Waals surface area contributed by atoms with E-state index in [0.717, 1.165) is 23.5 Å². The minimum Gasteiger partial charge on any atom is -0.391 e. The lowest BCUT2D eigenvalue weighted by molar-refractivity contribution is 0.147. The van der Waals surface area contributed by atoms with Crippen LogP contribution < -0.4 is 10.6 Å². The maximum atomic E-state index is 11.6. The first-order chi connectivity index (χ1) is 9.92. The van der Waals surface area contributed by atoms with E-state index in [0.29, 0.717) is 25.4 Å². The Bertz CT molecular complexity index is 446. The molecule has 5 nitrogen and oxygen atoms in total. The van der Waals surface area contributed by atoms with Crippen LogP contribution in [0.3, 0.4) is 0 Å². The van der Waals surface area contributed by atoms with Gasteiger partial charge >= 0.3 is 6.03 Å². The number of nitrogens with one attached hydrogen (secondary N) is 2. The molecule has 0 aromatic carbocycles. The summed E-state index contributed by atoms with van der Waals surface area (Å²) in [6.07, 6.45) is 1.90. The molecular formula is C15H27N3O2S. The molecule has 1 aromatic rings. The van der Waals surface area contributed by atoms with Crippen LogP contribution >= 0.6 is 11.3 Å². The zero-order chi connectivity index (χ0) is 15.8. The summed E-state index contributed by atoms with van der Waals surface area (Å²) in [5.74, 6) is 0.422. The maximum Gasteiger partial charge on any atom is 0.314 e. The van der Waals surface area contributed by atoms with Crippen molar-refractivity contribution in [3.05, 3.63) is 15.6 Å². The van der Waals surface area contributed by atoms with Gasteiger partial charge in [0.15, 0.2) is 0 Å². The Morgan fingerprint density at radius 2 is 2.10 bits per heavy atom. The summed E-state index contributed by atoms with van der Waals surface area (Å²) in [6.45, 7) is 9.12. The van der Waals surface area contributed by atoms with Crippen LogP contribution in [0.5, 0.6) is 0 Å². The van der Waals surface area contributed by atoms with Crippen LogP contribution in [0.1, 0.15) is 42.8 Å². The third-order valence-electron chi connectivity index (χ3n) is 3.14. The van der Waals surface area contributed by atoms with Gasteiger partial charge in [0.2, 0.25) is 0 Å². The minimum atomic E-state index is -0.482. The molecule has 1 unspecified atom stereocenters. The Morgan fingerprint density at radius 3 is 2.67 bits per heavy atom. The summed E-state index contributed by atoms with van der Waals surface area (Å²) in [7, 11) is 0. The highest BCUT2D eigenvalue weighted by atomic mass is 32.1. The summed E-state index contributed by atoms with van der Waals surface area (Å²) in [5, 5.41) is 16.2. The van der Waals surface area contributed by atoms with Crippen LogP contribution in [0.25, 0.3) is 0 Å². The molecule has 3 N–H and O–H groups in total. The van der Waals surface area contributed by atoms with Crippen molar-refractivity contribution in [1.82, 2.24) is 15.6 Å². The first-order valence-corrected chi connectivity index (χ1v) is 8.39. The van der Waals surface area contributed by atoms with Crippen molar-refractivity contribution in [3.63, 3.8) is 0 Å². The lowest BCUT2D eigenvalue weighted by Gasteiger charge is -2.14. The summed E-state index contributed by atoms with van der Waals surface area (Å²) >= 11 is 1.69. The summed E-state index contributed by atoms with van der Waals surface area (Å²) in [6, 6.07) is -0.234. The predicted octanol–water partition coefficient (Wildman–Crippen LogP) is 2.26. The van der Waals surface area contributed by atoms with Gasteiger partial charge in [0, 0.05) is 24.4 Å². The van der Waals surface area contributed by atoms with E-state index in [2.05, 4.69) is 29.5 Å². The minimum absolute atomic E-state index is 0.234. The normalized spacial score (nSPS) is 12.5. The van der Waals surface area contributed by atoms with E-state index in [9.17, 15) is 9.90 Å². The zero-order valence-corrected chi connectivity index (χ0v) is 14.2. The van der Waals surface area contributed by atoms with Gasteiger partial charge in [0.1, 0.15) is 0 Å². The molecule has 0 aliphatic rings. The van der Waals surface area contributed by atoms with Gasteiger partial charge < -0.3 is 15.7 Å². The smallest absolute Gasteiger partial charge is 0.314 e. The standard InChI is InChI=1S/C15H27N3O2S/c1-5-13-11(4)21-14(18-13)6-7-16-15(20)17-9-12(19)8-10(2)3/h10,12,19H,5-9H2,1-4H3,(H2,16,17,20). The number of rotatable bonds is 8. The van der Waals surface area contributed by atoms with Gasteiger partial charge in [-0.2, -0.15) is 0 Å². The Labute approximate surface area is 131 Å². The second kappa shape index (κ2) is 9.00. The molecule has 0 aliphatic heterocycles. The van der Waals surface area contributed by atoms with Crippen LogP contribution in [0.15, 0.2) is 0 Å². The largest absolute Gasteiger partial charge is 0.391 e. The highest BCUT2D eigenvalue weighted by Gasteiger charge is 2.09. The molecule has 0 radical (unpaired) electrons. The average Bonchev–Trinajstić information content (AvgIpc) is 2.76. The number of carbonyl (C=O) groups excluding carboxylic acids is 1. The highest BCUT2D eigenvalue weighted by molar-refractivity contribution is 7.11. The van der Waals surface area contributed by atoms with Gasteiger partial charge in [0.25, 0.3) is 0 Å². The number of nitrogens with zero attached hydrogens (tertiary/aromatic N) is 1. The third-order valence-corrected chi connectivity index (χ3v) is 4.21. The fraction of sp³-hybridized carbons (Fsp3) is 0.733. The Kier molecular flexibility index (Phi) is 7.67. The van der Waals surface area contributed by atoms with E-state index in [4.69, 9.17) is 0 Å². The monoisotopic (exact) mass is 313 g/mol. The van der Waals surface area contributed by atoms with E-state index < -0.39 is 6.10 Å². The summed E-state index contributed by atoms with van der Waals surface area (Å²) < 4.78 is 0. The number of thiazole rings is 1. The van der Waals surface area contributed by atoms with Crippen molar-refractivity contribution in [1.29, 1.82) is 0 Å². The average molecular weight is 313 g/mol. The van der Waals surface area contributed by atoms with Gasteiger partial charge in [-0.25, -0.2) is 9.78 Å². The topological polar surface area (TPSA) is 74.2 Å². The molecule has 1 atom stereocenters. The van der Waals surface area contributed by atoms with Crippen LogP contribution in [0.2, 0.25) is 0 Å². The fourth-order valence-corrected chi connectivity index (χ4v) is 3.13. The van der Waals surface area contributed by atoms with Crippen molar-refractivity contribution in [2.45, 2.75) is 53.1 Å². The number of hydrogen-bond acceptors (Lipinski definition) is 4. The molecular weight excluding hydrogens is 286 g/mol. The Balaban J connectivity index is 2.21. The summed E-state index contributed by atoms with van der Waals surface area (Å²) in [4.78, 5) is 17.4. The van der Waals surface area contributed by atoms with E-state index in [1.807, 2.05) is 13.8 Å². The number of carbonyl (C=O) groups is 1. The van der Waals surface area contributed by atoms with Crippen LogP contribution in [0.4, 0.5) is 4.79 Å². The number of aryl methyl sites for hydroxylation is 2. The highest BCUT2D eigenvalue weighted by Crippen LogP contribution is 2.17. The van der Waals surface area contributed by atoms with E-state index in [-0.39, 0.29) is 6.03 Å². The number of aliphatic hydroxyl groups excluding tert-OH is 1. The lowest BCUT2D eigenvalue weighted by atomic mass is 10.1. The molecule has 120 valence electrons. The number of aliphatic hydroxyl groups is 1. The molecule has 0 spiro atoms. The van der Waals surface area contributed by atoms with E-state index >= 15 is 0 Å². The quantitative estimate of drug-likeness (QED) is 0.689. The van der Waals surface area contributed by atoms with Gasteiger partial charge in [0.05, 0.1) is 16.8 Å². The SMILES string of the molecule is CCc1nc(CCNC(=O)NCC(O)CC(C)C)sc1C. The second-order valence-electron chi connectivity index (χ2n) is 5.63. The molecule has 0 aliphatic carbocycles. The molecule has 1 rings (SSSR count). The first-order valence-electron chi connectivity index (χ1n) is 7.57. The number of amides is 2. The number of urea groups is 1. The van der Waals surface area contributed by atoms with E-state index in [1.54, 1.807) is 11.3 Å². The maximum absolute atomic E-state index is 11.6. The molecule has 0 saturated heterocycles. The van der Waals surface area contributed by atoms with Crippen molar-refractivity contribution in [3.8, 4) is 0 Å².